The third-order valence-corrected chi connectivity index (χ3v) is 4.05. The summed E-state index contributed by atoms with van der Waals surface area (Å²) in [7, 11) is 0. The van der Waals surface area contributed by atoms with Crippen molar-refractivity contribution in [2.24, 2.45) is 0 Å². The Morgan fingerprint density at radius 2 is 1.95 bits per heavy atom. The molecule has 0 amide bonds. The number of carboxylic acids is 1. The van der Waals surface area contributed by atoms with E-state index in [0.29, 0.717) is 11.5 Å². The lowest BCUT2D eigenvalue weighted by atomic mass is 9.95. The quantitative estimate of drug-likeness (QED) is 0.712. The Labute approximate surface area is 115 Å². The van der Waals surface area contributed by atoms with E-state index in [1.165, 1.54) is 23.8 Å². The minimum Gasteiger partial charge on any atom is -0.478 e. The van der Waals surface area contributed by atoms with Gasteiger partial charge in [0.2, 0.25) is 0 Å². The molecular weight excluding hydrogens is 250 g/mol. The van der Waals surface area contributed by atoms with Crippen molar-refractivity contribution in [3.05, 3.63) is 53.9 Å². The third-order valence-electron chi connectivity index (χ3n) is 4.05. The van der Waals surface area contributed by atoms with Crippen molar-refractivity contribution in [3.63, 3.8) is 0 Å². The lowest BCUT2D eigenvalue weighted by Crippen LogP contribution is -1.96. The molecular formula is C17H13NO2. The number of nitrogens with zero attached hydrogens (tertiary/aromatic N) is 1. The van der Waals surface area contributed by atoms with Crippen LogP contribution in [-0.2, 0) is 0 Å². The predicted molar refractivity (Wildman–Crippen MR) is 78.2 cm³/mol. The summed E-state index contributed by atoms with van der Waals surface area (Å²) in [5.74, 6) is -0.260. The fourth-order valence-corrected chi connectivity index (χ4v) is 2.90. The van der Waals surface area contributed by atoms with Crippen LogP contribution in [0, 0.1) is 0 Å². The van der Waals surface area contributed by atoms with Gasteiger partial charge in [-0.3, -0.25) is 4.98 Å². The highest BCUT2D eigenvalue weighted by molar-refractivity contribution is 6.10. The Hall–Kier alpha value is -2.42. The average Bonchev–Trinajstić information content (AvgIpc) is 3.30. The summed E-state index contributed by atoms with van der Waals surface area (Å²) in [6.45, 7) is 0. The van der Waals surface area contributed by atoms with E-state index in [1.54, 1.807) is 12.1 Å². The number of hydrogen-bond acceptors (Lipinski definition) is 2. The van der Waals surface area contributed by atoms with Crippen LogP contribution in [0.5, 0.6) is 0 Å². The van der Waals surface area contributed by atoms with E-state index >= 15 is 0 Å². The van der Waals surface area contributed by atoms with E-state index in [1.807, 2.05) is 18.5 Å². The van der Waals surface area contributed by atoms with Crippen LogP contribution in [0.3, 0.4) is 0 Å². The minimum absolute atomic E-state index is 0.336. The molecule has 1 heterocycles. The van der Waals surface area contributed by atoms with Gasteiger partial charge < -0.3 is 5.11 Å². The number of aromatic nitrogens is 1. The lowest BCUT2D eigenvalue weighted by molar-refractivity contribution is 0.0697. The highest BCUT2D eigenvalue weighted by Crippen LogP contribution is 2.44. The molecule has 2 aromatic carbocycles. The first kappa shape index (κ1) is 11.4. The van der Waals surface area contributed by atoms with E-state index in [-0.39, 0.29) is 0 Å². The number of hydrogen-bond donors (Lipinski definition) is 1. The van der Waals surface area contributed by atoms with Crippen molar-refractivity contribution in [1.82, 2.24) is 4.98 Å². The Balaban J connectivity index is 2.11. The molecule has 1 saturated carbocycles. The molecule has 0 radical (unpaired) electrons. The molecule has 3 aromatic rings. The summed E-state index contributed by atoms with van der Waals surface area (Å²) in [5, 5.41) is 13.6. The van der Waals surface area contributed by atoms with Crippen LogP contribution in [-0.4, -0.2) is 16.1 Å². The molecule has 0 spiro atoms. The van der Waals surface area contributed by atoms with Crippen LogP contribution in [0.25, 0.3) is 21.5 Å². The van der Waals surface area contributed by atoms with Gasteiger partial charge in [0.15, 0.2) is 0 Å². The number of carboxylic acid groups (broad SMARTS) is 1. The fourth-order valence-electron chi connectivity index (χ4n) is 2.90. The Kier molecular flexibility index (Phi) is 2.30. The van der Waals surface area contributed by atoms with E-state index in [4.69, 9.17) is 5.11 Å². The molecule has 0 saturated heterocycles. The van der Waals surface area contributed by atoms with Gasteiger partial charge in [0.25, 0.3) is 0 Å². The van der Waals surface area contributed by atoms with Crippen LogP contribution in [0.4, 0.5) is 0 Å². The van der Waals surface area contributed by atoms with Gasteiger partial charge >= 0.3 is 5.97 Å². The highest BCUT2D eigenvalue weighted by atomic mass is 16.4. The zero-order valence-corrected chi connectivity index (χ0v) is 10.8. The van der Waals surface area contributed by atoms with E-state index in [2.05, 4.69) is 17.1 Å². The van der Waals surface area contributed by atoms with Gasteiger partial charge in [-0.1, -0.05) is 12.1 Å². The maximum absolute atomic E-state index is 11.1. The largest absolute Gasteiger partial charge is 0.478 e. The maximum Gasteiger partial charge on any atom is 0.335 e. The van der Waals surface area contributed by atoms with Gasteiger partial charge in [-0.2, -0.15) is 0 Å². The molecule has 1 fully saturated rings. The summed E-state index contributed by atoms with van der Waals surface area (Å²) in [6, 6.07) is 9.53. The molecule has 0 aliphatic heterocycles. The Bertz CT molecular complexity index is 850. The first-order valence-electron chi connectivity index (χ1n) is 6.78. The smallest absolute Gasteiger partial charge is 0.335 e. The van der Waals surface area contributed by atoms with Gasteiger partial charge in [-0.15, -0.1) is 0 Å². The molecule has 3 heteroatoms. The van der Waals surface area contributed by atoms with Crippen molar-refractivity contribution in [1.29, 1.82) is 0 Å². The first-order chi connectivity index (χ1) is 9.74. The molecule has 98 valence electrons. The van der Waals surface area contributed by atoms with Crippen molar-refractivity contribution in [3.8, 4) is 0 Å². The second-order valence-electron chi connectivity index (χ2n) is 5.40. The highest BCUT2D eigenvalue weighted by Gasteiger charge is 2.26. The number of pyridine rings is 1. The molecule has 1 aliphatic carbocycles. The maximum atomic E-state index is 11.1. The van der Waals surface area contributed by atoms with Crippen molar-refractivity contribution in [2.75, 3.05) is 0 Å². The number of aromatic carboxylic acids is 1. The standard InChI is InChI=1S/C17H13NO2/c19-17(20)11-3-4-13-12(7-11)8-15(10-1-2-10)14-5-6-18-9-16(13)14/h3-10H,1-2H2,(H,19,20). The molecule has 20 heavy (non-hydrogen) atoms. The van der Waals surface area contributed by atoms with Crippen LogP contribution in [0.2, 0.25) is 0 Å². The third kappa shape index (κ3) is 1.67. The molecule has 1 aliphatic rings. The van der Waals surface area contributed by atoms with Gasteiger partial charge in [0.1, 0.15) is 0 Å². The zero-order chi connectivity index (χ0) is 13.7. The lowest BCUT2D eigenvalue weighted by Gasteiger charge is -2.10. The minimum atomic E-state index is -0.883. The summed E-state index contributed by atoms with van der Waals surface area (Å²) in [4.78, 5) is 15.4. The van der Waals surface area contributed by atoms with Gasteiger partial charge in [-0.05, 0) is 58.7 Å². The molecule has 3 nitrogen and oxygen atoms in total. The van der Waals surface area contributed by atoms with Crippen LogP contribution in [0.15, 0.2) is 42.7 Å². The molecule has 0 unspecified atom stereocenters. The summed E-state index contributed by atoms with van der Waals surface area (Å²) in [5.41, 5.74) is 1.67. The molecule has 1 aromatic heterocycles. The Morgan fingerprint density at radius 1 is 1.10 bits per heavy atom. The SMILES string of the molecule is O=C(O)c1ccc2c(c1)cc(C1CC1)c1ccncc12. The fraction of sp³-hybridized carbons (Fsp3) is 0.176. The number of benzene rings is 2. The predicted octanol–water partition coefficient (Wildman–Crippen LogP) is 3.96. The normalized spacial score (nSPS) is 14.8. The van der Waals surface area contributed by atoms with Crippen molar-refractivity contribution in [2.45, 2.75) is 18.8 Å². The van der Waals surface area contributed by atoms with Crippen LogP contribution < -0.4 is 0 Å². The van der Waals surface area contributed by atoms with E-state index in [0.717, 1.165) is 16.2 Å². The van der Waals surface area contributed by atoms with Gasteiger partial charge in [-0.25, -0.2) is 4.79 Å². The van der Waals surface area contributed by atoms with Crippen LogP contribution in [0.1, 0.15) is 34.7 Å². The second-order valence-corrected chi connectivity index (χ2v) is 5.40. The molecule has 0 atom stereocenters. The summed E-state index contributed by atoms with van der Waals surface area (Å²) >= 11 is 0. The number of carbonyl (C=O) groups is 1. The van der Waals surface area contributed by atoms with Crippen molar-refractivity contribution < 1.29 is 9.90 Å². The molecule has 0 bridgehead atoms. The average molecular weight is 263 g/mol. The number of rotatable bonds is 2. The zero-order valence-electron chi connectivity index (χ0n) is 10.8. The molecule has 4 rings (SSSR count). The summed E-state index contributed by atoms with van der Waals surface area (Å²) in [6.07, 6.45) is 6.15. The second kappa shape index (κ2) is 4.04. The molecule has 1 N–H and O–H groups in total. The Morgan fingerprint density at radius 3 is 2.70 bits per heavy atom. The van der Waals surface area contributed by atoms with Gasteiger partial charge in [0, 0.05) is 17.8 Å². The summed E-state index contributed by atoms with van der Waals surface area (Å²) < 4.78 is 0. The topological polar surface area (TPSA) is 50.2 Å². The monoisotopic (exact) mass is 263 g/mol. The van der Waals surface area contributed by atoms with Crippen LogP contribution >= 0.6 is 0 Å². The van der Waals surface area contributed by atoms with Crippen molar-refractivity contribution >= 4 is 27.5 Å². The van der Waals surface area contributed by atoms with E-state index < -0.39 is 5.97 Å². The number of fused-ring (bicyclic) bond motifs is 3. The van der Waals surface area contributed by atoms with E-state index in [9.17, 15) is 4.79 Å². The first-order valence-corrected chi connectivity index (χ1v) is 6.78. The van der Waals surface area contributed by atoms with Gasteiger partial charge in [0.05, 0.1) is 5.56 Å².